The van der Waals surface area contributed by atoms with E-state index in [4.69, 9.17) is 9.47 Å². The summed E-state index contributed by atoms with van der Waals surface area (Å²) in [6, 6.07) is 16.0. The van der Waals surface area contributed by atoms with E-state index in [9.17, 15) is 10.2 Å². The summed E-state index contributed by atoms with van der Waals surface area (Å²) >= 11 is 0. The SMILES string of the molecule is COc1cc(C)ccc1OCCN1CC[C@H](O)[C@](CO)(Cc2ccccc2)C1. The molecule has 5 nitrogen and oxygen atoms in total. The molecular formula is C23H31NO4. The van der Waals surface area contributed by atoms with E-state index in [2.05, 4.69) is 17.0 Å². The summed E-state index contributed by atoms with van der Waals surface area (Å²) in [6.45, 7) is 4.70. The van der Waals surface area contributed by atoms with Crippen molar-refractivity contribution in [1.82, 2.24) is 4.90 Å². The first-order valence-corrected chi connectivity index (χ1v) is 9.89. The van der Waals surface area contributed by atoms with E-state index in [0.29, 0.717) is 26.0 Å². The van der Waals surface area contributed by atoms with E-state index < -0.39 is 11.5 Å². The van der Waals surface area contributed by atoms with Crippen LogP contribution in [0.1, 0.15) is 17.5 Å². The molecule has 2 N–H and O–H groups in total. The summed E-state index contributed by atoms with van der Waals surface area (Å²) in [5.74, 6) is 1.48. The van der Waals surface area contributed by atoms with Crippen LogP contribution in [-0.4, -0.2) is 61.2 Å². The monoisotopic (exact) mass is 385 g/mol. The number of ether oxygens (including phenoxy) is 2. The van der Waals surface area contributed by atoms with Crippen molar-refractivity contribution in [3.63, 3.8) is 0 Å². The van der Waals surface area contributed by atoms with Crippen molar-refractivity contribution in [3.8, 4) is 11.5 Å². The molecule has 5 heteroatoms. The highest BCUT2D eigenvalue weighted by Crippen LogP contribution is 2.34. The number of aryl methyl sites for hydroxylation is 1. The van der Waals surface area contributed by atoms with Gasteiger partial charge in [0.1, 0.15) is 6.61 Å². The Morgan fingerprint density at radius 1 is 1.14 bits per heavy atom. The fourth-order valence-electron chi connectivity index (χ4n) is 4.00. The van der Waals surface area contributed by atoms with E-state index >= 15 is 0 Å². The number of hydrogen-bond donors (Lipinski definition) is 2. The van der Waals surface area contributed by atoms with Gasteiger partial charge in [-0.3, -0.25) is 4.90 Å². The maximum atomic E-state index is 10.7. The summed E-state index contributed by atoms with van der Waals surface area (Å²) in [5, 5.41) is 20.8. The Bertz CT molecular complexity index is 752. The van der Waals surface area contributed by atoms with Crippen molar-refractivity contribution >= 4 is 0 Å². The standard InChI is InChI=1S/C23H31NO4/c1-18-8-9-20(21(14-18)27-2)28-13-12-24-11-10-22(26)23(16-24,17-25)15-19-6-4-3-5-7-19/h3-9,14,22,25-26H,10-13,15-17H2,1-2H3/t22-,23+/m0/s1. The van der Waals surface area contributed by atoms with E-state index in [1.807, 2.05) is 43.3 Å². The third-order valence-electron chi connectivity index (χ3n) is 5.66. The molecule has 1 saturated heterocycles. The molecule has 0 unspecified atom stereocenters. The Labute approximate surface area is 167 Å². The molecule has 2 atom stereocenters. The lowest BCUT2D eigenvalue weighted by molar-refractivity contribution is -0.0764. The maximum absolute atomic E-state index is 10.7. The van der Waals surface area contributed by atoms with Crippen LogP contribution in [0.25, 0.3) is 0 Å². The molecule has 1 fully saturated rings. The van der Waals surface area contributed by atoms with Gasteiger partial charge in [-0.25, -0.2) is 0 Å². The zero-order chi connectivity index (χ0) is 20.0. The summed E-state index contributed by atoms with van der Waals surface area (Å²) in [7, 11) is 1.65. The van der Waals surface area contributed by atoms with Crippen molar-refractivity contribution in [1.29, 1.82) is 0 Å². The van der Waals surface area contributed by atoms with Crippen LogP contribution in [0.2, 0.25) is 0 Å². The van der Waals surface area contributed by atoms with Crippen LogP contribution >= 0.6 is 0 Å². The maximum Gasteiger partial charge on any atom is 0.161 e. The van der Waals surface area contributed by atoms with Crippen LogP contribution in [0.5, 0.6) is 11.5 Å². The lowest BCUT2D eigenvalue weighted by Gasteiger charge is -2.45. The number of benzene rings is 2. The highest BCUT2D eigenvalue weighted by molar-refractivity contribution is 5.42. The van der Waals surface area contributed by atoms with Gasteiger partial charge < -0.3 is 19.7 Å². The largest absolute Gasteiger partial charge is 0.493 e. The van der Waals surface area contributed by atoms with Crippen molar-refractivity contribution in [2.24, 2.45) is 5.41 Å². The zero-order valence-corrected chi connectivity index (χ0v) is 16.8. The molecule has 0 radical (unpaired) electrons. The number of rotatable bonds is 8. The Kier molecular flexibility index (Phi) is 6.94. The van der Waals surface area contributed by atoms with Gasteiger partial charge >= 0.3 is 0 Å². The molecule has 1 aliphatic rings. The van der Waals surface area contributed by atoms with Gasteiger partial charge in [-0.05, 0) is 43.0 Å². The van der Waals surface area contributed by atoms with Crippen molar-refractivity contribution in [2.45, 2.75) is 25.9 Å². The molecule has 0 aliphatic carbocycles. The molecule has 0 bridgehead atoms. The number of aliphatic hydroxyl groups excluding tert-OH is 2. The van der Waals surface area contributed by atoms with Gasteiger partial charge in [-0.15, -0.1) is 0 Å². The van der Waals surface area contributed by atoms with E-state index in [1.54, 1.807) is 7.11 Å². The number of nitrogens with zero attached hydrogens (tertiary/aromatic N) is 1. The minimum absolute atomic E-state index is 0.0355. The Morgan fingerprint density at radius 2 is 1.93 bits per heavy atom. The van der Waals surface area contributed by atoms with Gasteiger partial charge in [0.25, 0.3) is 0 Å². The second-order valence-corrected chi connectivity index (χ2v) is 7.77. The van der Waals surface area contributed by atoms with Crippen LogP contribution in [0.4, 0.5) is 0 Å². The molecule has 2 aromatic carbocycles. The average molecular weight is 386 g/mol. The predicted molar refractivity (Wildman–Crippen MR) is 110 cm³/mol. The third-order valence-corrected chi connectivity index (χ3v) is 5.66. The Hall–Kier alpha value is -2.08. The summed E-state index contributed by atoms with van der Waals surface area (Å²) in [4.78, 5) is 2.27. The van der Waals surface area contributed by atoms with Crippen molar-refractivity contribution < 1.29 is 19.7 Å². The summed E-state index contributed by atoms with van der Waals surface area (Å²) < 4.78 is 11.3. The smallest absolute Gasteiger partial charge is 0.161 e. The van der Waals surface area contributed by atoms with E-state index in [1.165, 1.54) is 0 Å². The molecule has 3 rings (SSSR count). The molecule has 2 aromatic rings. The van der Waals surface area contributed by atoms with Gasteiger partial charge in [0.2, 0.25) is 0 Å². The molecule has 0 saturated carbocycles. The Morgan fingerprint density at radius 3 is 2.64 bits per heavy atom. The zero-order valence-electron chi connectivity index (χ0n) is 16.8. The fraction of sp³-hybridized carbons (Fsp3) is 0.478. The number of methoxy groups -OCH3 is 1. The van der Waals surface area contributed by atoms with Crippen LogP contribution in [0.15, 0.2) is 48.5 Å². The summed E-state index contributed by atoms with van der Waals surface area (Å²) in [6.07, 6.45) is 0.808. The van der Waals surface area contributed by atoms with Crippen molar-refractivity contribution in [2.75, 3.05) is 40.0 Å². The number of likely N-dealkylation sites (tertiary alicyclic amines) is 1. The van der Waals surface area contributed by atoms with Crippen LogP contribution in [-0.2, 0) is 6.42 Å². The van der Waals surface area contributed by atoms with E-state index in [0.717, 1.165) is 35.7 Å². The van der Waals surface area contributed by atoms with E-state index in [-0.39, 0.29) is 6.61 Å². The molecule has 152 valence electrons. The fourth-order valence-corrected chi connectivity index (χ4v) is 4.00. The molecule has 1 heterocycles. The molecular weight excluding hydrogens is 354 g/mol. The average Bonchev–Trinajstić information content (AvgIpc) is 2.72. The van der Waals surface area contributed by atoms with Crippen LogP contribution in [0.3, 0.4) is 0 Å². The summed E-state index contributed by atoms with van der Waals surface area (Å²) in [5.41, 5.74) is 1.72. The first kappa shape index (κ1) is 20.6. The first-order chi connectivity index (χ1) is 13.6. The first-order valence-electron chi connectivity index (χ1n) is 9.89. The van der Waals surface area contributed by atoms with Gasteiger partial charge in [0.05, 0.1) is 19.8 Å². The number of aliphatic hydroxyl groups is 2. The molecule has 0 aromatic heterocycles. The van der Waals surface area contributed by atoms with Crippen LogP contribution < -0.4 is 9.47 Å². The Balaban J connectivity index is 1.61. The van der Waals surface area contributed by atoms with Gasteiger partial charge in [0, 0.05) is 25.0 Å². The minimum atomic E-state index is -0.541. The highest BCUT2D eigenvalue weighted by atomic mass is 16.5. The van der Waals surface area contributed by atoms with Crippen molar-refractivity contribution in [3.05, 3.63) is 59.7 Å². The quantitative estimate of drug-likeness (QED) is 0.732. The number of hydrogen-bond acceptors (Lipinski definition) is 5. The van der Waals surface area contributed by atoms with Gasteiger partial charge in [0.15, 0.2) is 11.5 Å². The third kappa shape index (κ3) is 4.85. The second-order valence-electron chi connectivity index (χ2n) is 7.77. The topological polar surface area (TPSA) is 62.2 Å². The van der Waals surface area contributed by atoms with Gasteiger partial charge in [-0.2, -0.15) is 0 Å². The lowest BCUT2D eigenvalue weighted by atomic mass is 9.73. The van der Waals surface area contributed by atoms with Gasteiger partial charge in [-0.1, -0.05) is 36.4 Å². The predicted octanol–water partition coefficient (Wildman–Crippen LogP) is 2.67. The molecule has 1 aliphatic heterocycles. The second kappa shape index (κ2) is 9.41. The molecule has 0 amide bonds. The molecule has 0 spiro atoms. The molecule has 28 heavy (non-hydrogen) atoms. The lowest BCUT2D eigenvalue weighted by Crippen LogP contribution is -2.55. The minimum Gasteiger partial charge on any atom is -0.493 e. The highest BCUT2D eigenvalue weighted by Gasteiger charge is 2.42. The van der Waals surface area contributed by atoms with Crippen LogP contribution in [0, 0.1) is 12.3 Å². The number of piperidine rings is 1. The normalized spacial score (nSPS) is 22.8.